The first-order chi connectivity index (χ1) is 10.2. The van der Waals surface area contributed by atoms with Gasteiger partial charge in [-0.3, -0.25) is 4.90 Å². The van der Waals surface area contributed by atoms with Gasteiger partial charge in [-0.15, -0.1) is 0 Å². The van der Waals surface area contributed by atoms with Gasteiger partial charge >= 0.3 is 0 Å². The number of hydrogen-bond donors (Lipinski definition) is 2. The van der Waals surface area contributed by atoms with Gasteiger partial charge in [0.1, 0.15) is 11.5 Å². The third-order valence-electron chi connectivity index (χ3n) is 4.63. The van der Waals surface area contributed by atoms with Gasteiger partial charge in [0.25, 0.3) is 0 Å². The summed E-state index contributed by atoms with van der Waals surface area (Å²) in [7, 11) is 1.61. The van der Waals surface area contributed by atoms with Crippen molar-refractivity contribution in [3.05, 3.63) is 23.8 Å². The van der Waals surface area contributed by atoms with Crippen molar-refractivity contribution in [2.45, 2.75) is 51.1 Å². The number of aromatic hydroxyl groups is 1. The van der Waals surface area contributed by atoms with E-state index in [9.17, 15) is 5.11 Å². The average molecular weight is 292 g/mol. The maximum atomic E-state index is 10.3. The SMILES string of the molecule is CCN(C1CCCCC1)C(CN)c1ccc(OC)cc1O. The van der Waals surface area contributed by atoms with Crippen molar-refractivity contribution in [2.75, 3.05) is 20.2 Å². The highest BCUT2D eigenvalue weighted by Crippen LogP contribution is 2.35. The molecule has 0 amide bonds. The second-order valence-electron chi connectivity index (χ2n) is 5.80. The molecule has 118 valence electrons. The maximum absolute atomic E-state index is 10.3. The van der Waals surface area contributed by atoms with E-state index in [1.165, 1.54) is 32.1 Å². The quantitative estimate of drug-likeness (QED) is 0.846. The van der Waals surface area contributed by atoms with E-state index >= 15 is 0 Å². The number of nitrogens with zero attached hydrogens (tertiary/aromatic N) is 1. The summed E-state index contributed by atoms with van der Waals surface area (Å²) in [6.07, 6.45) is 6.41. The number of phenolic OH excluding ortho intramolecular Hbond substituents is 1. The van der Waals surface area contributed by atoms with Crippen LogP contribution in [0.2, 0.25) is 0 Å². The largest absolute Gasteiger partial charge is 0.507 e. The Hall–Kier alpha value is -1.26. The molecule has 1 unspecified atom stereocenters. The molecule has 1 aromatic carbocycles. The molecule has 3 N–H and O–H groups in total. The molecule has 0 saturated heterocycles. The second-order valence-corrected chi connectivity index (χ2v) is 5.80. The first-order valence-electron chi connectivity index (χ1n) is 8.04. The topological polar surface area (TPSA) is 58.7 Å². The fraction of sp³-hybridized carbons (Fsp3) is 0.647. The van der Waals surface area contributed by atoms with E-state index in [-0.39, 0.29) is 11.8 Å². The average Bonchev–Trinajstić information content (AvgIpc) is 2.53. The first kappa shape index (κ1) is 16.1. The second kappa shape index (κ2) is 7.66. The third kappa shape index (κ3) is 3.69. The monoisotopic (exact) mass is 292 g/mol. The predicted molar refractivity (Wildman–Crippen MR) is 85.7 cm³/mol. The smallest absolute Gasteiger partial charge is 0.124 e. The van der Waals surface area contributed by atoms with Crippen molar-refractivity contribution >= 4 is 0 Å². The van der Waals surface area contributed by atoms with E-state index < -0.39 is 0 Å². The van der Waals surface area contributed by atoms with E-state index in [1.54, 1.807) is 13.2 Å². The van der Waals surface area contributed by atoms with Crippen LogP contribution in [0.4, 0.5) is 0 Å². The van der Waals surface area contributed by atoms with Crippen molar-refractivity contribution in [3.8, 4) is 11.5 Å². The number of rotatable bonds is 6. The van der Waals surface area contributed by atoms with Crippen LogP contribution in [0.1, 0.15) is 50.6 Å². The lowest BCUT2D eigenvalue weighted by molar-refractivity contribution is 0.112. The molecule has 1 aliphatic rings. The van der Waals surface area contributed by atoms with Crippen molar-refractivity contribution in [1.29, 1.82) is 0 Å². The Morgan fingerprint density at radius 1 is 1.33 bits per heavy atom. The van der Waals surface area contributed by atoms with E-state index in [4.69, 9.17) is 10.5 Å². The molecule has 0 aromatic heterocycles. The van der Waals surface area contributed by atoms with Gasteiger partial charge < -0.3 is 15.6 Å². The Morgan fingerprint density at radius 3 is 2.57 bits per heavy atom. The summed E-state index contributed by atoms with van der Waals surface area (Å²) in [5.41, 5.74) is 6.95. The molecule has 4 nitrogen and oxygen atoms in total. The van der Waals surface area contributed by atoms with Crippen LogP contribution in [0.25, 0.3) is 0 Å². The van der Waals surface area contributed by atoms with Gasteiger partial charge in [-0.05, 0) is 25.5 Å². The Bertz CT molecular complexity index is 444. The molecular weight excluding hydrogens is 264 g/mol. The van der Waals surface area contributed by atoms with Gasteiger partial charge in [0.15, 0.2) is 0 Å². The molecule has 0 radical (unpaired) electrons. The minimum atomic E-state index is 0.0732. The number of phenols is 1. The normalized spacial score (nSPS) is 17.9. The molecule has 21 heavy (non-hydrogen) atoms. The lowest BCUT2D eigenvalue weighted by Gasteiger charge is -2.39. The Labute approximate surface area is 127 Å². The van der Waals surface area contributed by atoms with Crippen LogP contribution in [-0.4, -0.2) is 36.2 Å². The van der Waals surface area contributed by atoms with Gasteiger partial charge in [0.2, 0.25) is 0 Å². The molecule has 1 aromatic rings. The maximum Gasteiger partial charge on any atom is 0.124 e. The molecular formula is C17H28N2O2. The Morgan fingerprint density at radius 2 is 2.05 bits per heavy atom. The molecule has 0 bridgehead atoms. The van der Waals surface area contributed by atoms with Gasteiger partial charge in [-0.25, -0.2) is 0 Å². The van der Waals surface area contributed by atoms with Crippen molar-refractivity contribution in [3.63, 3.8) is 0 Å². The van der Waals surface area contributed by atoms with Gasteiger partial charge in [-0.1, -0.05) is 32.3 Å². The summed E-state index contributed by atoms with van der Waals surface area (Å²) < 4.78 is 5.16. The lowest BCUT2D eigenvalue weighted by atomic mass is 9.91. The number of ether oxygens (including phenoxy) is 1. The summed E-state index contributed by atoms with van der Waals surface area (Å²) in [6.45, 7) is 3.65. The minimum absolute atomic E-state index is 0.0732. The zero-order valence-corrected chi connectivity index (χ0v) is 13.2. The summed E-state index contributed by atoms with van der Waals surface area (Å²) >= 11 is 0. The highest BCUT2D eigenvalue weighted by molar-refractivity contribution is 5.41. The minimum Gasteiger partial charge on any atom is -0.507 e. The number of methoxy groups -OCH3 is 1. The molecule has 1 atom stereocenters. The number of nitrogens with two attached hydrogens (primary N) is 1. The number of likely N-dealkylation sites (N-methyl/N-ethyl adjacent to an activating group) is 1. The van der Waals surface area contributed by atoms with Crippen LogP contribution < -0.4 is 10.5 Å². The molecule has 0 spiro atoms. The van der Waals surface area contributed by atoms with Crippen molar-refractivity contribution in [1.82, 2.24) is 4.90 Å². The van der Waals surface area contributed by atoms with Crippen molar-refractivity contribution < 1.29 is 9.84 Å². The summed E-state index contributed by atoms with van der Waals surface area (Å²) in [6, 6.07) is 6.17. The molecule has 1 saturated carbocycles. The van der Waals surface area contributed by atoms with Crippen LogP contribution in [0, 0.1) is 0 Å². The summed E-state index contributed by atoms with van der Waals surface area (Å²) in [5.74, 6) is 0.951. The predicted octanol–water partition coefficient (Wildman–Crippen LogP) is 3.06. The molecule has 0 aliphatic heterocycles. The Balaban J connectivity index is 2.23. The zero-order chi connectivity index (χ0) is 15.2. The number of hydrogen-bond acceptors (Lipinski definition) is 4. The van der Waals surface area contributed by atoms with Crippen LogP contribution in [-0.2, 0) is 0 Å². The van der Waals surface area contributed by atoms with Gasteiger partial charge in [-0.2, -0.15) is 0 Å². The third-order valence-corrected chi connectivity index (χ3v) is 4.63. The van der Waals surface area contributed by atoms with E-state index in [0.29, 0.717) is 18.3 Å². The molecule has 0 heterocycles. The highest BCUT2D eigenvalue weighted by Gasteiger charge is 2.28. The number of benzene rings is 1. The molecule has 1 fully saturated rings. The lowest BCUT2D eigenvalue weighted by Crippen LogP contribution is -2.42. The van der Waals surface area contributed by atoms with Crippen molar-refractivity contribution in [2.24, 2.45) is 5.73 Å². The fourth-order valence-electron chi connectivity index (χ4n) is 3.52. The van der Waals surface area contributed by atoms with Crippen LogP contribution in [0.5, 0.6) is 11.5 Å². The molecule has 1 aliphatic carbocycles. The van der Waals surface area contributed by atoms with E-state index in [1.807, 2.05) is 12.1 Å². The van der Waals surface area contributed by atoms with E-state index in [2.05, 4.69) is 11.8 Å². The van der Waals surface area contributed by atoms with E-state index in [0.717, 1.165) is 12.1 Å². The zero-order valence-electron chi connectivity index (χ0n) is 13.2. The molecule has 4 heteroatoms. The van der Waals surface area contributed by atoms with Crippen LogP contribution in [0.3, 0.4) is 0 Å². The van der Waals surface area contributed by atoms with Gasteiger partial charge in [0, 0.05) is 24.2 Å². The van der Waals surface area contributed by atoms with Gasteiger partial charge in [0.05, 0.1) is 13.2 Å². The Kier molecular flexibility index (Phi) is 5.88. The fourth-order valence-corrected chi connectivity index (χ4v) is 3.52. The van der Waals surface area contributed by atoms with Crippen LogP contribution >= 0.6 is 0 Å². The van der Waals surface area contributed by atoms with Crippen LogP contribution in [0.15, 0.2) is 18.2 Å². The standard InChI is InChI=1S/C17H28N2O2/c1-3-19(13-7-5-4-6-8-13)16(12-18)15-10-9-14(21-2)11-17(15)20/h9-11,13,16,20H,3-8,12,18H2,1-2H3. The summed E-state index contributed by atoms with van der Waals surface area (Å²) in [5, 5.41) is 10.3. The first-order valence-corrected chi connectivity index (χ1v) is 8.04. The molecule has 2 rings (SSSR count). The summed E-state index contributed by atoms with van der Waals surface area (Å²) in [4.78, 5) is 2.46. The highest BCUT2D eigenvalue weighted by atomic mass is 16.5.